The normalized spacial score (nSPS) is 22.0. The summed E-state index contributed by atoms with van der Waals surface area (Å²) in [5.74, 6) is 0.0943. The lowest BCUT2D eigenvalue weighted by atomic mass is 10.0. The van der Waals surface area contributed by atoms with Crippen LogP contribution in [0.2, 0.25) is 0 Å². The third-order valence-corrected chi connectivity index (χ3v) is 3.83. The predicted octanol–water partition coefficient (Wildman–Crippen LogP) is 0.643. The topological polar surface area (TPSA) is 70.7 Å². The molecule has 2 aliphatic heterocycles. The highest BCUT2D eigenvalue weighted by atomic mass is 16.5. The first-order valence-corrected chi connectivity index (χ1v) is 7.23. The van der Waals surface area contributed by atoms with Crippen LogP contribution in [-0.2, 0) is 9.53 Å². The Bertz CT molecular complexity index is 414. The fourth-order valence-electron chi connectivity index (χ4n) is 2.52. The number of rotatable bonds is 3. The number of amides is 2. The Balaban J connectivity index is 1.89. The van der Waals surface area contributed by atoms with Gasteiger partial charge in [-0.3, -0.25) is 4.79 Å². The molecule has 2 rings (SSSR count). The summed E-state index contributed by atoms with van der Waals surface area (Å²) in [4.78, 5) is 25.7. The van der Waals surface area contributed by atoms with Crippen LogP contribution in [0.4, 0.5) is 4.79 Å². The van der Waals surface area contributed by atoms with Crippen molar-refractivity contribution in [1.82, 2.24) is 15.5 Å². The molecule has 2 amide bonds. The van der Waals surface area contributed by atoms with Gasteiger partial charge in [0.25, 0.3) is 0 Å². The molecule has 20 heavy (non-hydrogen) atoms. The van der Waals surface area contributed by atoms with Crippen LogP contribution in [0.25, 0.3) is 0 Å². The third-order valence-electron chi connectivity index (χ3n) is 3.83. The molecule has 1 unspecified atom stereocenters. The number of hydrogen-bond donors (Lipinski definition) is 2. The summed E-state index contributed by atoms with van der Waals surface area (Å²) in [5, 5.41) is 5.96. The van der Waals surface area contributed by atoms with Crippen LogP contribution in [-0.4, -0.2) is 55.7 Å². The van der Waals surface area contributed by atoms with Gasteiger partial charge in [-0.2, -0.15) is 0 Å². The average Bonchev–Trinajstić information content (AvgIpc) is 2.36. The van der Waals surface area contributed by atoms with Crippen molar-refractivity contribution in [3.05, 3.63) is 11.1 Å². The Morgan fingerprint density at radius 1 is 1.45 bits per heavy atom. The van der Waals surface area contributed by atoms with E-state index in [1.807, 2.05) is 11.8 Å². The minimum atomic E-state index is -0.398. The second-order valence-electron chi connectivity index (χ2n) is 5.29. The van der Waals surface area contributed by atoms with Gasteiger partial charge >= 0.3 is 6.09 Å². The van der Waals surface area contributed by atoms with Gasteiger partial charge in [-0.25, -0.2) is 4.79 Å². The number of hydrogen-bond acceptors (Lipinski definition) is 4. The maximum Gasteiger partial charge on any atom is 0.407 e. The van der Waals surface area contributed by atoms with Crippen LogP contribution in [0, 0.1) is 0 Å². The van der Waals surface area contributed by atoms with Crippen LogP contribution >= 0.6 is 0 Å². The number of likely N-dealkylation sites (tertiary alicyclic amines) is 1. The van der Waals surface area contributed by atoms with E-state index in [4.69, 9.17) is 4.74 Å². The molecule has 0 saturated carbocycles. The lowest BCUT2D eigenvalue weighted by molar-refractivity contribution is -0.128. The van der Waals surface area contributed by atoms with E-state index >= 15 is 0 Å². The minimum absolute atomic E-state index is 0.0101. The van der Waals surface area contributed by atoms with Crippen LogP contribution in [0.3, 0.4) is 0 Å². The van der Waals surface area contributed by atoms with E-state index in [-0.39, 0.29) is 11.9 Å². The molecular weight excluding hydrogens is 258 g/mol. The van der Waals surface area contributed by atoms with Crippen molar-refractivity contribution >= 4 is 12.0 Å². The van der Waals surface area contributed by atoms with E-state index < -0.39 is 6.09 Å². The Morgan fingerprint density at radius 3 is 2.80 bits per heavy atom. The smallest absolute Gasteiger partial charge is 0.407 e. The van der Waals surface area contributed by atoms with E-state index in [1.54, 1.807) is 6.92 Å². The van der Waals surface area contributed by atoms with Gasteiger partial charge in [0.2, 0.25) is 5.91 Å². The summed E-state index contributed by atoms with van der Waals surface area (Å²) >= 11 is 0. The van der Waals surface area contributed by atoms with Gasteiger partial charge in [0.1, 0.15) is 0 Å². The maximum absolute atomic E-state index is 12.4. The van der Waals surface area contributed by atoms with E-state index in [1.165, 1.54) is 5.57 Å². The molecule has 2 aliphatic rings. The van der Waals surface area contributed by atoms with Gasteiger partial charge in [0.15, 0.2) is 0 Å². The molecule has 6 heteroatoms. The molecule has 2 heterocycles. The summed E-state index contributed by atoms with van der Waals surface area (Å²) in [6.07, 6.45) is 1.40. The van der Waals surface area contributed by atoms with Crippen molar-refractivity contribution in [2.45, 2.75) is 32.7 Å². The summed E-state index contributed by atoms with van der Waals surface area (Å²) < 4.78 is 4.88. The average molecular weight is 281 g/mol. The number of ether oxygens (including phenoxy) is 1. The van der Waals surface area contributed by atoms with Crippen molar-refractivity contribution in [2.75, 3.05) is 32.8 Å². The molecule has 2 saturated heterocycles. The van der Waals surface area contributed by atoms with Crippen molar-refractivity contribution < 1.29 is 14.3 Å². The quantitative estimate of drug-likeness (QED) is 0.745. The fourth-order valence-corrected chi connectivity index (χ4v) is 2.52. The number of piperidine rings is 1. The molecule has 0 radical (unpaired) electrons. The Labute approximate surface area is 119 Å². The highest BCUT2D eigenvalue weighted by molar-refractivity contribution is 5.94. The van der Waals surface area contributed by atoms with Crippen molar-refractivity contribution in [3.63, 3.8) is 0 Å². The zero-order chi connectivity index (χ0) is 14.5. The van der Waals surface area contributed by atoms with Crippen LogP contribution in [0.1, 0.15) is 26.7 Å². The van der Waals surface area contributed by atoms with Crippen molar-refractivity contribution in [1.29, 1.82) is 0 Å². The lowest BCUT2D eigenvalue weighted by Crippen LogP contribution is -2.50. The first kappa shape index (κ1) is 14.8. The molecule has 2 fully saturated rings. The monoisotopic (exact) mass is 281 g/mol. The van der Waals surface area contributed by atoms with E-state index in [0.29, 0.717) is 13.2 Å². The van der Waals surface area contributed by atoms with Crippen LogP contribution in [0.15, 0.2) is 11.1 Å². The van der Waals surface area contributed by atoms with Gasteiger partial charge in [0.05, 0.1) is 6.61 Å². The number of nitrogens with one attached hydrogen (secondary N) is 2. The molecule has 6 nitrogen and oxygen atoms in total. The molecule has 0 aromatic heterocycles. The maximum atomic E-state index is 12.4. The van der Waals surface area contributed by atoms with E-state index in [9.17, 15) is 9.59 Å². The van der Waals surface area contributed by atoms with Gasteiger partial charge in [-0.1, -0.05) is 0 Å². The first-order chi connectivity index (χ1) is 9.61. The van der Waals surface area contributed by atoms with E-state index in [0.717, 1.165) is 38.0 Å². The zero-order valence-electron chi connectivity index (χ0n) is 12.2. The number of nitrogens with zero attached hydrogens (tertiary/aromatic N) is 1. The predicted molar refractivity (Wildman–Crippen MR) is 75.3 cm³/mol. The third kappa shape index (κ3) is 3.50. The second kappa shape index (κ2) is 6.74. The number of alkyl carbamates (subject to hydrolysis) is 1. The molecule has 0 aromatic carbocycles. The van der Waals surface area contributed by atoms with Gasteiger partial charge in [-0.15, -0.1) is 0 Å². The Hall–Kier alpha value is -1.56. The zero-order valence-corrected chi connectivity index (χ0v) is 12.2. The summed E-state index contributed by atoms with van der Waals surface area (Å²) in [6, 6.07) is -0.0101. The first-order valence-electron chi connectivity index (χ1n) is 7.23. The summed E-state index contributed by atoms with van der Waals surface area (Å²) in [6.45, 7) is 6.98. The largest absolute Gasteiger partial charge is 0.450 e. The van der Waals surface area contributed by atoms with Crippen LogP contribution < -0.4 is 10.6 Å². The molecule has 2 N–H and O–H groups in total. The summed E-state index contributed by atoms with van der Waals surface area (Å²) in [5.41, 5.74) is 2.04. The minimum Gasteiger partial charge on any atom is -0.450 e. The van der Waals surface area contributed by atoms with Crippen molar-refractivity contribution in [3.8, 4) is 0 Å². The molecule has 0 bridgehead atoms. The molecule has 0 aliphatic carbocycles. The second-order valence-corrected chi connectivity index (χ2v) is 5.29. The van der Waals surface area contributed by atoms with Gasteiger partial charge in [-0.05, 0) is 32.3 Å². The van der Waals surface area contributed by atoms with Gasteiger partial charge < -0.3 is 20.3 Å². The lowest BCUT2D eigenvalue weighted by Gasteiger charge is -2.34. The van der Waals surface area contributed by atoms with Gasteiger partial charge in [0, 0.05) is 37.8 Å². The number of carbonyl (C=O) groups excluding carboxylic acids is 2. The fraction of sp³-hybridized carbons (Fsp3) is 0.714. The van der Waals surface area contributed by atoms with Crippen LogP contribution in [0.5, 0.6) is 0 Å². The molecule has 0 spiro atoms. The molecule has 112 valence electrons. The molecule has 1 atom stereocenters. The standard InChI is InChI=1S/C14H23N3O3/c1-3-20-14(19)16-12-5-4-6-17(9-12)13(18)10(2)11-7-15-8-11/h12,15H,3-9H2,1-2H3,(H,16,19). The molecular formula is C14H23N3O3. The van der Waals surface area contributed by atoms with Crippen molar-refractivity contribution in [2.24, 2.45) is 0 Å². The highest BCUT2D eigenvalue weighted by Gasteiger charge is 2.27. The highest BCUT2D eigenvalue weighted by Crippen LogP contribution is 2.16. The Morgan fingerprint density at radius 2 is 2.20 bits per heavy atom. The summed E-state index contributed by atoms with van der Waals surface area (Å²) in [7, 11) is 0. The number of carbonyl (C=O) groups is 2. The van der Waals surface area contributed by atoms with E-state index in [2.05, 4.69) is 10.6 Å². The Kier molecular flexibility index (Phi) is 5.00. The SMILES string of the molecule is CCOC(=O)NC1CCCN(C(=O)C(C)=C2CNC2)C1. The molecule has 0 aromatic rings.